The summed E-state index contributed by atoms with van der Waals surface area (Å²) in [5.41, 5.74) is 0. The molecule has 8 nitrogen and oxygen atoms in total. The molecule has 1 atom stereocenters. The van der Waals surface area contributed by atoms with Crippen molar-refractivity contribution in [3.8, 4) is 0 Å². The molecule has 0 spiro atoms. The number of hydrogen-bond acceptors (Lipinski definition) is 6. The van der Waals surface area contributed by atoms with Crippen molar-refractivity contribution >= 4 is 22.1 Å². The van der Waals surface area contributed by atoms with Gasteiger partial charge in [-0.05, 0) is 12.3 Å². The lowest BCUT2D eigenvalue weighted by Gasteiger charge is -2.22. The highest BCUT2D eigenvalue weighted by Gasteiger charge is 2.28. The molecule has 124 valence electrons. The Balaban J connectivity index is 4.79. The van der Waals surface area contributed by atoms with Crippen molar-refractivity contribution in [3.63, 3.8) is 0 Å². The third kappa shape index (κ3) is 7.39. The van der Waals surface area contributed by atoms with Gasteiger partial charge in [-0.3, -0.25) is 9.59 Å². The zero-order chi connectivity index (χ0) is 16.6. The Kier molecular flexibility index (Phi) is 8.45. The highest BCUT2D eigenvalue weighted by molar-refractivity contribution is 7.87. The predicted octanol–water partition coefficient (Wildman–Crippen LogP) is -0.0966. The van der Waals surface area contributed by atoms with Gasteiger partial charge in [-0.2, -0.15) is 17.4 Å². The van der Waals surface area contributed by atoms with Crippen LogP contribution in [0.5, 0.6) is 0 Å². The molecule has 9 heteroatoms. The standard InChI is InChI=1S/C12H24N2O6S/c1-9(2)8-10(12(16)20-5)13-21(17,18)14(3)7-6-11(15)19-4/h9-10,13H,6-8H2,1-5H3. The molecule has 0 aromatic carbocycles. The molecule has 0 bridgehead atoms. The fourth-order valence-corrected chi connectivity index (χ4v) is 2.61. The summed E-state index contributed by atoms with van der Waals surface area (Å²) in [6, 6.07) is -0.958. The van der Waals surface area contributed by atoms with Crippen LogP contribution in [0.2, 0.25) is 0 Å². The molecule has 0 aliphatic rings. The topological polar surface area (TPSA) is 102 Å². The molecule has 21 heavy (non-hydrogen) atoms. The maximum absolute atomic E-state index is 12.1. The monoisotopic (exact) mass is 324 g/mol. The Hall–Kier alpha value is -1.19. The van der Waals surface area contributed by atoms with E-state index in [0.717, 1.165) is 4.31 Å². The molecule has 0 aromatic rings. The van der Waals surface area contributed by atoms with E-state index in [2.05, 4.69) is 14.2 Å². The Bertz CT molecular complexity index is 449. The maximum atomic E-state index is 12.1. The van der Waals surface area contributed by atoms with E-state index in [9.17, 15) is 18.0 Å². The largest absolute Gasteiger partial charge is 0.469 e. The van der Waals surface area contributed by atoms with Gasteiger partial charge in [0.05, 0.1) is 20.6 Å². The van der Waals surface area contributed by atoms with E-state index in [1.54, 1.807) is 0 Å². The van der Waals surface area contributed by atoms with Crippen LogP contribution in [0.1, 0.15) is 26.7 Å². The van der Waals surface area contributed by atoms with Crippen molar-refractivity contribution in [2.75, 3.05) is 27.8 Å². The van der Waals surface area contributed by atoms with Gasteiger partial charge in [-0.25, -0.2) is 0 Å². The van der Waals surface area contributed by atoms with Crippen molar-refractivity contribution in [3.05, 3.63) is 0 Å². The molecule has 1 N–H and O–H groups in total. The van der Waals surface area contributed by atoms with Gasteiger partial charge in [0.25, 0.3) is 10.2 Å². The summed E-state index contributed by atoms with van der Waals surface area (Å²) in [6.07, 6.45) is 0.248. The van der Waals surface area contributed by atoms with Gasteiger partial charge in [0.1, 0.15) is 6.04 Å². The minimum atomic E-state index is -3.89. The Labute approximate surface area is 126 Å². The molecule has 0 saturated carbocycles. The van der Waals surface area contributed by atoms with Crippen molar-refractivity contribution in [1.82, 2.24) is 9.03 Å². The summed E-state index contributed by atoms with van der Waals surface area (Å²) >= 11 is 0. The van der Waals surface area contributed by atoms with Gasteiger partial charge in [-0.15, -0.1) is 0 Å². The molecule has 0 saturated heterocycles. The number of nitrogens with zero attached hydrogens (tertiary/aromatic N) is 1. The number of nitrogens with one attached hydrogen (secondary N) is 1. The second kappa shape index (κ2) is 8.96. The number of carbonyl (C=O) groups excluding carboxylic acids is 2. The number of rotatable bonds is 9. The molecule has 0 amide bonds. The summed E-state index contributed by atoms with van der Waals surface area (Å²) < 4.78 is 36.5. The molecule has 0 rings (SSSR count). The van der Waals surface area contributed by atoms with Crippen LogP contribution in [-0.4, -0.2) is 58.5 Å². The first kappa shape index (κ1) is 19.8. The van der Waals surface area contributed by atoms with E-state index in [1.165, 1.54) is 21.3 Å². The van der Waals surface area contributed by atoms with Crippen LogP contribution in [0.15, 0.2) is 0 Å². The van der Waals surface area contributed by atoms with Crippen LogP contribution in [0.4, 0.5) is 0 Å². The minimum absolute atomic E-state index is 0.0441. The minimum Gasteiger partial charge on any atom is -0.469 e. The number of hydrogen-bond donors (Lipinski definition) is 1. The van der Waals surface area contributed by atoms with Crippen LogP contribution in [-0.2, 0) is 29.3 Å². The van der Waals surface area contributed by atoms with Gasteiger partial charge in [0.15, 0.2) is 0 Å². The van der Waals surface area contributed by atoms with Crippen molar-refractivity contribution in [2.24, 2.45) is 5.92 Å². The summed E-state index contributed by atoms with van der Waals surface area (Å²) in [4.78, 5) is 22.6. The van der Waals surface area contributed by atoms with Gasteiger partial charge in [0, 0.05) is 13.6 Å². The lowest BCUT2D eigenvalue weighted by molar-refractivity contribution is -0.143. The second-order valence-electron chi connectivity index (χ2n) is 4.98. The van der Waals surface area contributed by atoms with Crippen molar-refractivity contribution in [2.45, 2.75) is 32.7 Å². The fraction of sp³-hybridized carbons (Fsp3) is 0.833. The van der Waals surface area contributed by atoms with Crippen LogP contribution in [0.3, 0.4) is 0 Å². The molecular weight excluding hydrogens is 300 g/mol. The number of ether oxygens (including phenoxy) is 2. The number of esters is 2. The Morgan fingerprint density at radius 3 is 2.19 bits per heavy atom. The molecule has 0 aliphatic heterocycles. The first-order valence-corrected chi connectivity index (χ1v) is 7.96. The normalized spacial score (nSPS) is 13.3. The lowest BCUT2D eigenvalue weighted by atomic mass is 10.1. The Morgan fingerprint density at radius 2 is 1.76 bits per heavy atom. The summed E-state index contributed by atoms with van der Waals surface area (Å²) in [6.45, 7) is 3.69. The van der Waals surface area contributed by atoms with Crippen molar-refractivity contribution in [1.29, 1.82) is 0 Å². The quantitative estimate of drug-likeness (QED) is 0.594. The number of methoxy groups -OCH3 is 2. The molecule has 0 fully saturated rings. The molecule has 0 heterocycles. The maximum Gasteiger partial charge on any atom is 0.323 e. The third-order valence-corrected chi connectivity index (χ3v) is 4.34. The summed E-state index contributed by atoms with van der Waals surface area (Å²) in [7, 11) is -0.148. The first-order valence-electron chi connectivity index (χ1n) is 6.52. The average Bonchev–Trinajstić information content (AvgIpc) is 2.41. The van der Waals surface area contributed by atoms with E-state index >= 15 is 0 Å². The SMILES string of the molecule is COC(=O)CCN(C)S(=O)(=O)NC(CC(C)C)C(=O)OC. The highest BCUT2D eigenvalue weighted by Crippen LogP contribution is 2.09. The van der Waals surface area contributed by atoms with E-state index in [-0.39, 0.29) is 18.9 Å². The van der Waals surface area contributed by atoms with Crippen LogP contribution in [0, 0.1) is 5.92 Å². The summed E-state index contributed by atoms with van der Waals surface area (Å²) in [5, 5.41) is 0. The summed E-state index contributed by atoms with van der Waals surface area (Å²) in [5.74, 6) is -1.05. The van der Waals surface area contributed by atoms with Crippen LogP contribution in [0.25, 0.3) is 0 Å². The van der Waals surface area contributed by atoms with E-state index < -0.39 is 28.2 Å². The average molecular weight is 324 g/mol. The van der Waals surface area contributed by atoms with Crippen molar-refractivity contribution < 1.29 is 27.5 Å². The van der Waals surface area contributed by atoms with Gasteiger partial charge in [-0.1, -0.05) is 13.8 Å². The predicted molar refractivity (Wildman–Crippen MR) is 76.6 cm³/mol. The van der Waals surface area contributed by atoms with Crippen LogP contribution < -0.4 is 4.72 Å². The fourth-order valence-electron chi connectivity index (χ4n) is 1.55. The zero-order valence-electron chi connectivity index (χ0n) is 13.1. The van der Waals surface area contributed by atoms with Gasteiger partial charge >= 0.3 is 11.9 Å². The second-order valence-corrected chi connectivity index (χ2v) is 6.79. The van der Waals surface area contributed by atoms with E-state index in [0.29, 0.717) is 6.42 Å². The molecule has 0 radical (unpaired) electrons. The van der Waals surface area contributed by atoms with Gasteiger partial charge in [0.2, 0.25) is 0 Å². The van der Waals surface area contributed by atoms with E-state index in [1.807, 2.05) is 13.8 Å². The Morgan fingerprint density at radius 1 is 1.19 bits per heavy atom. The van der Waals surface area contributed by atoms with E-state index in [4.69, 9.17) is 0 Å². The molecular formula is C12H24N2O6S. The molecule has 0 aliphatic carbocycles. The first-order chi connectivity index (χ1) is 9.63. The lowest BCUT2D eigenvalue weighted by Crippen LogP contribution is -2.48. The zero-order valence-corrected chi connectivity index (χ0v) is 13.9. The van der Waals surface area contributed by atoms with Gasteiger partial charge < -0.3 is 9.47 Å². The molecule has 0 aromatic heterocycles. The smallest absolute Gasteiger partial charge is 0.323 e. The van der Waals surface area contributed by atoms with Crippen LogP contribution >= 0.6 is 0 Å². The molecule has 1 unspecified atom stereocenters. The highest BCUT2D eigenvalue weighted by atomic mass is 32.2. The third-order valence-electron chi connectivity index (χ3n) is 2.75. The number of carbonyl (C=O) groups is 2.